The maximum atomic E-state index is 10.8. The summed E-state index contributed by atoms with van der Waals surface area (Å²) in [6.07, 6.45) is 2.35. The normalized spacial score (nSPS) is 34.6. The summed E-state index contributed by atoms with van der Waals surface area (Å²) in [5, 5.41) is 2.80. The highest BCUT2D eigenvalue weighted by atomic mass is 16.5. The van der Waals surface area contributed by atoms with Gasteiger partial charge in [0.05, 0.1) is 6.10 Å². The van der Waals surface area contributed by atoms with Crippen LogP contribution in [0.4, 0.5) is 0 Å². The Hall–Kier alpha value is -0.610. The predicted molar refractivity (Wildman–Crippen MR) is 46.3 cm³/mol. The average Bonchev–Trinajstić information content (AvgIpc) is 2.62. The third kappa shape index (κ3) is 2.42. The van der Waals surface area contributed by atoms with Gasteiger partial charge in [-0.2, -0.15) is 0 Å². The van der Waals surface area contributed by atoms with Gasteiger partial charge in [-0.15, -0.1) is 0 Å². The van der Waals surface area contributed by atoms with E-state index in [4.69, 9.17) is 9.47 Å². The number of carbonyl (C=O) groups is 1. The van der Waals surface area contributed by atoms with Crippen molar-refractivity contribution >= 4 is 5.91 Å². The zero-order valence-electron chi connectivity index (χ0n) is 7.62. The highest BCUT2D eigenvalue weighted by Gasteiger charge is 2.24. The zero-order chi connectivity index (χ0) is 9.10. The second-order valence-corrected chi connectivity index (χ2v) is 3.70. The smallest absolute Gasteiger partial charge is 0.246 e. The van der Waals surface area contributed by atoms with E-state index in [0.717, 1.165) is 26.1 Å². The second-order valence-electron chi connectivity index (χ2n) is 3.70. The van der Waals surface area contributed by atoms with Crippen LogP contribution in [0.5, 0.6) is 0 Å². The van der Waals surface area contributed by atoms with E-state index in [2.05, 4.69) is 5.32 Å². The Balaban J connectivity index is 1.72. The van der Waals surface area contributed by atoms with Gasteiger partial charge in [-0.1, -0.05) is 0 Å². The molecule has 2 aliphatic heterocycles. The van der Waals surface area contributed by atoms with E-state index in [-0.39, 0.29) is 18.6 Å². The molecule has 74 valence electrons. The Morgan fingerprint density at radius 1 is 1.54 bits per heavy atom. The lowest BCUT2D eigenvalue weighted by molar-refractivity contribution is -0.133. The van der Waals surface area contributed by atoms with Crippen LogP contribution in [0, 0.1) is 5.92 Å². The third-order valence-electron chi connectivity index (χ3n) is 2.60. The third-order valence-corrected chi connectivity index (χ3v) is 2.60. The topological polar surface area (TPSA) is 47.6 Å². The van der Waals surface area contributed by atoms with E-state index in [1.165, 1.54) is 0 Å². The molecule has 0 radical (unpaired) electrons. The van der Waals surface area contributed by atoms with Gasteiger partial charge in [-0.25, -0.2) is 0 Å². The van der Waals surface area contributed by atoms with E-state index in [9.17, 15) is 4.79 Å². The number of rotatable bonds is 2. The fourth-order valence-corrected chi connectivity index (χ4v) is 1.82. The fourth-order valence-electron chi connectivity index (χ4n) is 1.82. The summed E-state index contributed by atoms with van der Waals surface area (Å²) in [5.41, 5.74) is 0. The first-order valence-electron chi connectivity index (χ1n) is 4.80. The van der Waals surface area contributed by atoms with Crippen molar-refractivity contribution in [2.75, 3.05) is 26.4 Å². The molecular formula is C9H15NO3. The molecule has 2 atom stereocenters. The minimum Gasteiger partial charge on any atom is -0.381 e. The Labute approximate surface area is 77.6 Å². The second kappa shape index (κ2) is 4.07. The molecule has 1 amide bonds. The maximum Gasteiger partial charge on any atom is 0.246 e. The summed E-state index contributed by atoms with van der Waals surface area (Å²) in [4.78, 5) is 10.8. The molecule has 4 nitrogen and oxygen atoms in total. The van der Waals surface area contributed by atoms with Crippen molar-refractivity contribution < 1.29 is 14.3 Å². The Morgan fingerprint density at radius 3 is 3.08 bits per heavy atom. The first-order valence-corrected chi connectivity index (χ1v) is 4.80. The van der Waals surface area contributed by atoms with E-state index >= 15 is 0 Å². The molecule has 1 N–H and O–H groups in total. The lowest BCUT2D eigenvalue weighted by Crippen LogP contribution is -2.43. The van der Waals surface area contributed by atoms with Gasteiger partial charge in [-0.05, 0) is 18.8 Å². The SMILES string of the molecule is O=C1COC(CC2CCOC2)CN1. The van der Waals surface area contributed by atoms with Crippen LogP contribution in [0.2, 0.25) is 0 Å². The highest BCUT2D eigenvalue weighted by Crippen LogP contribution is 2.19. The van der Waals surface area contributed by atoms with Crippen LogP contribution in [0.1, 0.15) is 12.8 Å². The molecule has 0 spiro atoms. The highest BCUT2D eigenvalue weighted by molar-refractivity contribution is 5.77. The summed E-state index contributed by atoms with van der Waals surface area (Å²) >= 11 is 0. The van der Waals surface area contributed by atoms with E-state index < -0.39 is 0 Å². The van der Waals surface area contributed by atoms with Gasteiger partial charge in [0, 0.05) is 19.8 Å². The Morgan fingerprint density at radius 2 is 2.46 bits per heavy atom. The van der Waals surface area contributed by atoms with Gasteiger partial charge in [0.2, 0.25) is 5.91 Å². The molecule has 0 aromatic heterocycles. The molecule has 0 bridgehead atoms. The van der Waals surface area contributed by atoms with E-state index in [0.29, 0.717) is 12.5 Å². The number of carbonyl (C=O) groups excluding carboxylic acids is 1. The summed E-state index contributed by atoms with van der Waals surface area (Å²) in [7, 11) is 0. The quantitative estimate of drug-likeness (QED) is 0.655. The molecule has 0 aromatic carbocycles. The maximum absolute atomic E-state index is 10.8. The number of hydrogen-bond donors (Lipinski definition) is 1. The minimum absolute atomic E-state index is 0.000998. The van der Waals surface area contributed by atoms with Crippen molar-refractivity contribution in [1.29, 1.82) is 0 Å². The molecule has 0 aliphatic carbocycles. The first-order chi connectivity index (χ1) is 6.34. The molecule has 2 aliphatic rings. The number of morpholine rings is 1. The molecule has 2 saturated heterocycles. The average molecular weight is 185 g/mol. The van der Waals surface area contributed by atoms with Crippen LogP contribution in [-0.2, 0) is 14.3 Å². The molecule has 2 fully saturated rings. The Bertz CT molecular complexity index is 179. The van der Waals surface area contributed by atoms with Gasteiger partial charge in [0.25, 0.3) is 0 Å². The molecule has 0 aromatic rings. The van der Waals surface area contributed by atoms with Gasteiger partial charge in [0.1, 0.15) is 6.61 Å². The van der Waals surface area contributed by atoms with Gasteiger partial charge >= 0.3 is 0 Å². The number of ether oxygens (including phenoxy) is 2. The van der Waals surface area contributed by atoms with E-state index in [1.807, 2.05) is 0 Å². The summed E-state index contributed by atoms with van der Waals surface area (Å²) in [5.74, 6) is 0.624. The summed E-state index contributed by atoms with van der Waals surface area (Å²) in [6, 6.07) is 0. The van der Waals surface area contributed by atoms with Gasteiger partial charge < -0.3 is 14.8 Å². The van der Waals surface area contributed by atoms with Crippen LogP contribution in [0.15, 0.2) is 0 Å². The number of nitrogens with one attached hydrogen (secondary N) is 1. The zero-order valence-corrected chi connectivity index (χ0v) is 7.62. The van der Waals surface area contributed by atoms with Crippen molar-refractivity contribution in [2.45, 2.75) is 18.9 Å². The molecule has 0 saturated carbocycles. The summed E-state index contributed by atoms with van der Waals surface area (Å²) < 4.78 is 10.7. The van der Waals surface area contributed by atoms with Crippen molar-refractivity contribution in [2.24, 2.45) is 5.92 Å². The Kier molecular flexibility index (Phi) is 2.80. The van der Waals surface area contributed by atoms with Crippen molar-refractivity contribution in [3.63, 3.8) is 0 Å². The van der Waals surface area contributed by atoms with Crippen LogP contribution < -0.4 is 5.32 Å². The first kappa shape index (κ1) is 8.97. The number of hydrogen-bond acceptors (Lipinski definition) is 3. The minimum atomic E-state index is -0.000998. The largest absolute Gasteiger partial charge is 0.381 e. The molecule has 2 rings (SSSR count). The van der Waals surface area contributed by atoms with Gasteiger partial charge in [-0.3, -0.25) is 4.79 Å². The van der Waals surface area contributed by atoms with Gasteiger partial charge in [0.15, 0.2) is 0 Å². The standard InChI is InChI=1S/C9H15NO3/c11-9-6-13-8(4-10-9)3-7-1-2-12-5-7/h7-8H,1-6H2,(H,10,11). The molecule has 4 heteroatoms. The predicted octanol–water partition coefficient (Wildman–Crippen LogP) is -0.0720. The van der Waals surface area contributed by atoms with Crippen molar-refractivity contribution in [1.82, 2.24) is 5.32 Å². The van der Waals surface area contributed by atoms with Crippen LogP contribution in [0.3, 0.4) is 0 Å². The fraction of sp³-hybridized carbons (Fsp3) is 0.889. The van der Waals surface area contributed by atoms with Crippen LogP contribution >= 0.6 is 0 Å². The van der Waals surface area contributed by atoms with Crippen LogP contribution in [0.25, 0.3) is 0 Å². The molecule has 13 heavy (non-hydrogen) atoms. The monoisotopic (exact) mass is 185 g/mol. The number of amides is 1. The van der Waals surface area contributed by atoms with Crippen LogP contribution in [-0.4, -0.2) is 38.4 Å². The lowest BCUT2D eigenvalue weighted by atomic mass is 10.0. The van der Waals surface area contributed by atoms with Crippen molar-refractivity contribution in [3.8, 4) is 0 Å². The molecular weight excluding hydrogens is 170 g/mol. The van der Waals surface area contributed by atoms with Crippen molar-refractivity contribution in [3.05, 3.63) is 0 Å². The van der Waals surface area contributed by atoms with E-state index in [1.54, 1.807) is 0 Å². The molecule has 2 unspecified atom stereocenters. The molecule has 2 heterocycles. The lowest BCUT2D eigenvalue weighted by Gasteiger charge is -2.24. The summed E-state index contributed by atoms with van der Waals surface area (Å²) in [6.45, 7) is 2.62.